The Morgan fingerprint density at radius 2 is 2.20 bits per heavy atom. The van der Waals surface area contributed by atoms with Crippen molar-refractivity contribution in [2.45, 2.75) is 38.1 Å². The van der Waals surface area contributed by atoms with E-state index in [-0.39, 0.29) is 30.5 Å². The number of hydrogen-bond donors (Lipinski definition) is 2. The number of oxazole rings is 1. The van der Waals surface area contributed by atoms with Gasteiger partial charge in [0.1, 0.15) is 11.9 Å². The molecule has 1 aliphatic rings. The standard InChI is InChI=1S/C18H20FN3O3/c19-13-6-2-1-5-12(13)15-11-21-17(25-15)9-8-16(23)22-14-7-3-4-10-20-18(14)24/h1-2,5-6,11,14H,3-4,7-10H2,(H,20,24)(H,22,23)/t14-/m1/s1. The molecular weight excluding hydrogens is 325 g/mol. The van der Waals surface area contributed by atoms with E-state index in [1.165, 1.54) is 12.3 Å². The van der Waals surface area contributed by atoms with E-state index in [2.05, 4.69) is 15.6 Å². The fraction of sp³-hybridized carbons (Fsp3) is 0.389. The van der Waals surface area contributed by atoms with Gasteiger partial charge in [-0.25, -0.2) is 9.37 Å². The van der Waals surface area contributed by atoms with Crippen LogP contribution in [0.3, 0.4) is 0 Å². The number of amides is 2. The lowest BCUT2D eigenvalue weighted by Crippen LogP contribution is -2.45. The molecule has 0 saturated carbocycles. The smallest absolute Gasteiger partial charge is 0.242 e. The second-order valence-electron chi connectivity index (χ2n) is 6.01. The quantitative estimate of drug-likeness (QED) is 0.870. The predicted octanol–water partition coefficient (Wildman–Crippen LogP) is 2.20. The van der Waals surface area contributed by atoms with Gasteiger partial charge in [0.15, 0.2) is 11.7 Å². The molecule has 1 fully saturated rings. The Kier molecular flexibility index (Phi) is 5.42. The Hall–Kier alpha value is -2.70. The first kappa shape index (κ1) is 17.1. The lowest BCUT2D eigenvalue weighted by Gasteiger charge is -2.14. The molecule has 0 spiro atoms. The average molecular weight is 345 g/mol. The molecule has 7 heteroatoms. The molecule has 25 heavy (non-hydrogen) atoms. The minimum absolute atomic E-state index is 0.135. The van der Waals surface area contributed by atoms with E-state index in [1.807, 2.05) is 0 Å². The van der Waals surface area contributed by atoms with E-state index in [1.54, 1.807) is 18.2 Å². The van der Waals surface area contributed by atoms with Crippen molar-refractivity contribution in [3.63, 3.8) is 0 Å². The highest BCUT2D eigenvalue weighted by Crippen LogP contribution is 2.23. The fourth-order valence-electron chi connectivity index (χ4n) is 2.78. The van der Waals surface area contributed by atoms with Crippen LogP contribution in [0.25, 0.3) is 11.3 Å². The van der Waals surface area contributed by atoms with Gasteiger partial charge in [0.25, 0.3) is 0 Å². The Morgan fingerprint density at radius 3 is 3.04 bits per heavy atom. The summed E-state index contributed by atoms with van der Waals surface area (Å²) in [6.07, 6.45) is 4.36. The zero-order valence-electron chi connectivity index (χ0n) is 13.8. The molecule has 2 amide bonds. The highest BCUT2D eigenvalue weighted by molar-refractivity contribution is 5.87. The van der Waals surface area contributed by atoms with Crippen molar-refractivity contribution in [1.29, 1.82) is 0 Å². The van der Waals surface area contributed by atoms with Crippen LogP contribution in [0.1, 0.15) is 31.6 Å². The highest BCUT2D eigenvalue weighted by Gasteiger charge is 2.22. The van der Waals surface area contributed by atoms with Gasteiger partial charge in [0.05, 0.1) is 11.8 Å². The van der Waals surface area contributed by atoms with Gasteiger partial charge in [-0.15, -0.1) is 0 Å². The van der Waals surface area contributed by atoms with Gasteiger partial charge >= 0.3 is 0 Å². The van der Waals surface area contributed by atoms with Crippen LogP contribution in [-0.2, 0) is 16.0 Å². The number of hydrogen-bond acceptors (Lipinski definition) is 4. The molecule has 2 heterocycles. The molecule has 1 atom stereocenters. The molecule has 1 aromatic carbocycles. The lowest BCUT2D eigenvalue weighted by molar-refractivity contribution is -0.128. The van der Waals surface area contributed by atoms with Crippen LogP contribution in [0, 0.1) is 5.82 Å². The Morgan fingerprint density at radius 1 is 1.36 bits per heavy atom. The van der Waals surface area contributed by atoms with Gasteiger partial charge in [-0.2, -0.15) is 0 Å². The van der Waals surface area contributed by atoms with E-state index < -0.39 is 6.04 Å². The van der Waals surface area contributed by atoms with Crippen LogP contribution < -0.4 is 10.6 Å². The summed E-state index contributed by atoms with van der Waals surface area (Å²) in [5.74, 6) is -0.0609. The molecule has 0 radical (unpaired) electrons. The third-order valence-corrected chi connectivity index (χ3v) is 4.13. The van der Waals surface area contributed by atoms with Crippen LogP contribution in [0.15, 0.2) is 34.9 Å². The summed E-state index contributed by atoms with van der Waals surface area (Å²) < 4.78 is 19.3. The Labute approximate surface area is 144 Å². The van der Waals surface area contributed by atoms with Crippen LogP contribution in [0.4, 0.5) is 4.39 Å². The number of nitrogens with zero attached hydrogens (tertiary/aromatic N) is 1. The summed E-state index contributed by atoms with van der Waals surface area (Å²) in [5.41, 5.74) is 0.334. The fourth-order valence-corrected chi connectivity index (χ4v) is 2.78. The van der Waals surface area contributed by atoms with Gasteiger partial charge in [-0.1, -0.05) is 12.1 Å². The zero-order valence-corrected chi connectivity index (χ0v) is 13.8. The molecule has 3 rings (SSSR count). The van der Waals surface area contributed by atoms with E-state index in [9.17, 15) is 14.0 Å². The maximum atomic E-state index is 13.7. The minimum Gasteiger partial charge on any atom is -0.441 e. The van der Waals surface area contributed by atoms with E-state index >= 15 is 0 Å². The van der Waals surface area contributed by atoms with E-state index in [4.69, 9.17) is 4.42 Å². The van der Waals surface area contributed by atoms with Crippen molar-refractivity contribution in [2.24, 2.45) is 0 Å². The van der Waals surface area contributed by atoms with E-state index in [0.717, 1.165) is 12.8 Å². The largest absolute Gasteiger partial charge is 0.441 e. The topological polar surface area (TPSA) is 84.2 Å². The molecule has 1 aromatic heterocycles. The molecule has 0 bridgehead atoms. The minimum atomic E-state index is -0.478. The number of benzene rings is 1. The summed E-state index contributed by atoms with van der Waals surface area (Å²) in [6.45, 7) is 0.653. The van der Waals surface area contributed by atoms with Gasteiger partial charge < -0.3 is 15.1 Å². The van der Waals surface area contributed by atoms with E-state index in [0.29, 0.717) is 30.2 Å². The molecular formula is C18H20FN3O3. The monoisotopic (exact) mass is 345 g/mol. The SMILES string of the molecule is O=C(CCc1ncc(-c2ccccc2F)o1)N[C@@H]1CCCCNC1=O. The first-order chi connectivity index (χ1) is 12.1. The maximum Gasteiger partial charge on any atom is 0.242 e. The van der Waals surface area contributed by atoms with Crippen LogP contribution in [-0.4, -0.2) is 29.4 Å². The van der Waals surface area contributed by atoms with Crippen LogP contribution in [0.5, 0.6) is 0 Å². The van der Waals surface area contributed by atoms with Crippen LogP contribution >= 0.6 is 0 Å². The molecule has 2 aromatic rings. The first-order valence-corrected chi connectivity index (χ1v) is 8.40. The second-order valence-corrected chi connectivity index (χ2v) is 6.01. The molecule has 1 saturated heterocycles. The molecule has 0 unspecified atom stereocenters. The normalized spacial score (nSPS) is 17.6. The van der Waals surface area contributed by atoms with Crippen molar-refractivity contribution in [1.82, 2.24) is 15.6 Å². The summed E-state index contributed by atoms with van der Waals surface area (Å²) in [7, 11) is 0. The number of carbonyl (C=O) groups is 2. The van der Waals surface area contributed by atoms with Crippen molar-refractivity contribution >= 4 is 11.8 Å². The van der Waals surface area contributed by atoms with Crippen molar-refractivity contribution < 1.29 is 18.4 Å². The summed E-state index contributed by atoms with van der Waals surface area (Å²) in [6, 6.07) is 5.80. The third-order valence-electron chi connectivity index (χ3n) is 4.13. The summed E-state index contributed by atoms with van der Waals surface area (Å²) in [4.78, 5) is 28.0. The van der Waals surface area contributed by atoms with Gasteiger partial charge in [0, 0.05) is 19.4 Å². The zero-order chi connectivity index (χ0) is 17.6. The Bertz CT molecular complexity index is 760. The highest BCUT2D eigenvalue weighted by atomic mass is 19.1. The number of halogens is 1. The maximum absolute atomic E-state index is 13.7. The number of carbonyl (C=O) groups excluding carboxylic acids is 2. The van der Waals surface area contributed by atoms with Gasteiger partial charge in [-0.05, 0) is 31.4 Å². The van der Waals surface area contributed by atoms with Crippen molar-refractivity contribution in [2.75, 3.05) is 6.54 Å². The number of aryl methyl sites for hydroxylation is 1. The van der Waals surface area contributed by atoms with Crippen LogP contribution in [0.2, 0.25) is 0 Å². The molecule has 0 aliphatic carbocycles. The van der Waals surface area contributed by atoms with Crippen molar-refractivity contribution in [3.05, 3.63) is 42.2 Å². The number of nitrogens with one attached hydrogen (secondary N) is 2. The second kappa shape index (κ2) is 7.92. The Balaban J connectivity index is 1.54. The predicted molar refractivity (Wildman–Crippen MR) is 89.0 cm³/mol. The van der Waals surface area contributed by atoms with Crippen molar-refractivity contribution in [3.8, 4) is 11.3 Å². The number of aromatic nitrogens is 1. The molecule has 132 valence electrons. The summed E-state index contributed by atoms with van der Waals surface area (Å²) in [5, 5.41) is 5.53. The van der Waals surface area contributed by atoms with Gasteiger partial charge in [-0.3, -0.25) is 9.59 Å². The first-order valence-electron chi connectivity index (χ1n) is 8.40. The third kappa shape index (κ3) is 4.43. The lowest BCUT2D eigenvalue weighted by atomic mass is 10.1. The molecule has 2 N–H and O–H groups in total. The molecule has 6 nitrogen and oxygen atoms in total. The van der Waals surface area contributed by atoms with Gasteiger partial charge in [0.2, 0.25) is 11.8 Å². The number of rotatable bonds is 5. The average Bonchev–Trinajstić information content (AvgIpc) is 2.98. The molecule has 1 aliphatic heterocycles. The summed E-state index contributed by atoms with van der Waals surface area (Å²) >= 11 is 0.